The molecule has 0 aromatic heterocycles. The van der Waals surface area contributed by atoms with Gasteiger partial charge in [-0.15, -0.1) is 0 Å². The standard InChI is InChI=1S/C22H44N2O4/c23-17-11-7-9-15-21(25)27-19-13-5-3-1-2-4-6-14-20-28-22(26)16-10-8-12-18-24/h1-20,23-24H2. The summed E-state index contributed by atoms with van der Waals surface area (Å²) in [5.74, 6) is -0.151. The predicted molar refractivity (Wildman–Crippen MR) is 114 cm³/mol. The number of ether oxygens (including phenoxy) is 2. The molecular weight excluding hydrogens is 356 g/mol. The fourth-order valence-corrected chi connectivity index (χ4v) is 2.96. The number of esters is 2. The Morgan fingerprint density at radius 1 is 0.464 bits per heavy atom. The average Bonchev–Trinajstić information content (AvgIpc) is 2.69. The SMILES string of the molecule is NCCCCCC(=O)OCCCCCCCCCCOC(=O)CCCCCN. The first-order valence-corrected chi connectivity index (χ1v) is 11.4. The van der Waals surface area contributed by atoms with Gasteiger partial charge in [0.2, 0.25) is 0 Å². The summed E-state index contributed by atoms with van der Waals surface area (Å²) >= 11 is 0. The van der Waals surface area contributed by atoms with Crippen LogP contribution < -0.4 is 11.5 Å². The number of carbonyl (C=O) groups is 2. The first-order chi connectivity index (χ1) is 13.7. The van der Waals surface area contributed by atoms with Crippen LogP contribution in [0, 0.1) is 0 Å². The van der Waals surface area contributed by atoms with Crippen molar-refractivity contribution in [1.82, 2.24) is 0 Å². The van der Waals surface area contributed by atoms with Crippen LogP contribution >= 0.6 is 0 Å². The van der Waals surface area contributed by atoms with Gasteiger partial charge >= 0.3 is 11.9 Å². The summed E-state index contributed by atoms with van der Waals surface area (Å²) in [5, 5.41) is 0. The largest absolute Gasteiger partial charge is 0.466 e. The van der Waals surface area contributed by atoms with Gasteiger partial charge in [-0.2, -0.15) is 0 Å². The van der Waals surface area contributed by atoms with E-state index in [1.807, 2.05) is 0 Å². The van der Waals surface area contributed by atoms with Crippen molar-refractivity contribution in [1.29, 1.82) is 0 Å². The van der Waals surface area contributed by atoms with Crippen molar-refractivity contribution in [3.8, 4) is 0 Å². The molecule has 0 fully saturated rings. The maximum absolute atomic E-state index is 11.5. The first-order valence-electron chi connectivity index (χ1n) is 11.4. The molecule has 0 atom stereocenters. The van der Waals surface area contributed by atoms with Gasteiger partial charge in [-0.1, -0.05) is 51.4 Å². The van der Waals surface area contributed by atoms with Crippen molar-refractivity contribution in [2.45, 2.75) is 103 Å². The highest BCUT2D eigenvalue weighted by Crippen LogP contribution is 2.10. The molecule has 0 spiro atoms. The van der Waals surface area contributed by atoms with E-state index in [-0.39, 0.29) is 11.9 Å². The second-order valence-corrected chi connectivity index (χ2v) is 7.47. The van der Waals surface area contributed by atoms with E-state index in [4.69, 9.17) is 20.9 Å². The molecule has 6 nitrogen and oxygen atoms in total. The average molecular weight is 401 g/mol. The van der Waals surface area contributed by atoms with E-state index in [1.54, 1.807) is 0 Å². The van der Waals surface area contributed by atoms with Gasteiger partial charge in [-0.25, -0.2) is 0 Å². The zero-order valence-corrected chi connectivity index (χ0v) is 17.9. The summed E-state index contributed by atoms with van der Waals surface area (Å²) in [6.07, 6.45) is 15.7. The van der Waals surface area contributed by atoms with Gasteiger partial charge in [-0.3, -0.25) is 9.59 Å². The zero-order valence-electron chi connectivity index (χ0n) is 17.9. The lowest BCUT2D eigenvalue weighted by Crippen LogP contribution is -2.06. The number of rotatable bonds is 21. The van der Waals surface area contributed by atoms with Crippen molar-refractivity contribution in [3.63, 3.8) is 0 Å². The highest BCUT2D eigenvalue weighted by atomic mass is 16.5. The van der Waals surface area contributed by atoms with Crippen molar-refractivity contribution in [2.24, 2.45) is 11.5 Å². The Balaban J connectivity index is 3.19. The van der Waals surface area contributed by atoms with E-state index in [0.29, 0.717) is 39.1 Å². The zero-order chi connectivity index (χ0) is 20.7. The number of hydrogen-bond donors (Lipinski definition) is 2. The van der Waals surface area contributed by atoms with Gasteiger partial charge in [0.25, 0.3) is 0 Å². The van der Waals surface area contributed by atoms with Crippen LogP contribution in [-0.4, -0.2) is 38.2 Å². The van der Waals surface area contributed by atoms with Crippen molar-refractivity contribution < 1.29 is 19.1 Å². The Hall–Kier alpha value is -1.14. The van der Waals surface area contributed by atoms with Crippen LogP contribution in [0.5, 0.6) is 0 Å². The quantitative estimate of drug-likeness (QED) is 0.221. The Morgan fingerprint density at radius 3 is 1.14 bits per heavy atom. The highest BCUT2D eigenvalue weighted by Gasteiger charge is 2.03. The van der Waals surface area contributed by atoms with E-state index < -0.39 is 0 Å². The highest BCUT2D eigenvalue weighted by molar-refractivity contribution is 5.69. The lowest BCUT2D eigenvalue weighted by atomic mass is 10.1. The minimum absolute atomic E-state index is 0.0757. The minimum atomic E-state index is -0.0757. The van der Waals surface area contributed by atoms with Gasteiger partial charge in [0.1, 0.15) is 0 Å². The molecule has 0 aliphatic heterocycles. The monoisotopic (exact) mass is 400 g/mol. The molecule has 0 amide bonds. The maximum atomic E-state index is 11.5. The third-order valence-electron chi connectivity index (χ3n) is 4.73. The minimum Gasteiger partial charge on any atom is -0.466 e. The molecule has 28 heavy (non-hydrogen) atoms. The van der Waals surface area contributed by atoms with Gasteiger partial charge in [0.05, 0.1) is 13.2 Å². The molecule has 4 N–H and O–H groups in total. The lowest BCUT2D eigenvalue weighted by molar-refractivity contribution is -0.144. The molecule has 0 rings (SSSR count). The molecule has 0 saturated heterocycles. The molecule has 0 heterocycles. The molecule has 0 aromatic carbocycles. The third-order valence-corrected chi connectivity index (χ3v) is 4.73. The van der Waals surface area contributed by atoms with Crippen LogP contribution in [0.15, 0.2) is 0 Å². The summed E-state index contributed by atoms with van der Waals surface area (Å²) in [6.45, 7) is 2.48. The Kier molecular flexibility index (Phi) is 21.3. The Morgan fingerprint density at radius 2 is 0.786 bits per heavy atom. The second-order valence-electron chi connectivity index (χ2n) is 7.47. The second kappa shape index (κ2) is 22.2. The summed E-state index contributed by atoms with van der Waals surface area (Å²) in [7, 11) is 0. The predicted octanol–water partition coefficient (Wildman–Crippen LogP) is 4.23. The van der Waals surface area contributed by atoms with Gasteiger partial charge in [0.15, 0.2) is 0 Å². The fourth-order valence-electron chi connectivity index (χ4n) is 2.96. The molecule has 0 aromatic rings. The molecule has 0 radical (unpaired) electrons. The molecule has 0 aliphatic carbocycles. The van der Waals surface area contributed by atoms with Crippen molar-refractivity contribution in [3.05, 3.63) is 0 Å². The number of nitrogens with two attached hydrogens (primary N) is 2. The van der Waals surface area contributed by atoms with Crippen molar-refractivity contribution in [2.75, 3.05) is 26.3 Å². The van der Waals surface area contributed by atoms with E-state index in [1.165, 1.54) is 25.7 Å². The smallest absolute Gasteiger partial charge is 0.305 e. The Labute approximate surface area is 172 Å². The summed E-state index contributed by atoms with van der Waals surface area (Å²) in [5.41, 5.74) is 10.8. The molecule has 166 valence electrons. The molecular formula is C22H44N2O4. The summed E-state index contributed by atoms with van der Waals surface area (Å²) in [4.78, 5) is 23.0. The normalized spacial score (nSPS) is 10.8. The topological polar surface area (TPSA) is 105 Å². The van der Waals surface area contributed by atoms with Crippen LogP contribution in [0.25, 0.3) is 0 Å². The third kappa shape index (κ3) is 21.2. The van der Waals surface area contributed by atoms with Crippen LogP contribution in [0.3, 0.4) is 0 Å². The first kappa shape index (κ1) is 26.9. The molecule has 0 unspecified atom stereocenters. The van der Waals surface area contributed by atoms with Crippen LogP contribution in [-0.2, 0) is 19.1 Å². The van der Waals surface area contributed by atoms with Crippen molar-refractivity contribution >= 4 is 11.9 Å². The van der Waals surface area contributed by atoms with Crippen LogP contribution in [0.2, 0.25) is 0 Å². The molecule has 6 heteroatoms. The van der Waals surface area contributed by atoms with Gasteiger partial charge < -0.3 is 20.9 Å². The maximum Gasteiger partial charge on any atom is 0.305 e. The van der Waals surface area contributed by atoms with E-state index >= 15 is 0 Å². The summed E-state index contributed by atoms with van der Waals surface area (Å²) < 4.78 is 10.5. The van der Waals surface area contributed by atoms with E-state index in [9.17, 15) is 9.59 Å². The summed E-state index contributed by atoms with van der Waals surface area (Å²) in [6, 6.07) is 0. The van der Waals surface area contributed by atoms with Gasteiger partial charge in [-0.05, 0) is 51.6 Å². The van der Waals surface area contributed by atoms with Gasteiger partial charge in [0, 0.05) is 12.8 Å². The Bertz CT molecular complexity index is 330. The van der Waals surface area contributed by atoms with E-state index in [2.05, 4.69) is 0 Å². The number of carbonyl (C=O) groups excluding carboxylic acids is 2. The number of hydrogen-bond acceptors (Lipinski definition) is 6. The van der Waals surface area contributed by atoms with Crippen LogP contribution in [0.4, 0.5) is 0 Å². The van der Waals surface area contributed by atoms with E-state index in [0.717, 1.165) is 64.2 Å². The fraction of sp³-hybridized carbons (Fsp3) is 0.909. The molecule has 0 aliphatic rings. The molecule has 0 bridgehead atoms. The number of unbranched alkanes of at least 4 members (excludes halogenated alkanes) is 11. The lowest BCUT2D eigenvalue weighted by Gasteiger charge is -2.06. The van der Waals surface area contributed by atoms with Crippen LogP contribution in [0.1, 0.15) is 103 Å². The molecule has 0 saturated carbocycles.